The summed E-state index contributed by atoms with van der Waals surface area (Å²) in [7, 11) is 2.30. The van der Waals surface area contributed by atoms with Gasteiger partial charge in [-0.15, -0.1) is 0 Å². The summed E-state index contributed by atoms with van der Waals surface area (Å²) < 4.78 is 0. The molecule has 0 aromatic carbocycles. The first kappa shape index (κ1) is 15.0. The number of piperidine rings is 1. The third-order valence-corrected chi connectivity index (χ3v) is 4.00. The van der Waals surface area contributed by atoms with Crippen molar-refractivity contribution in [3.63, 3.8) is 0 Å². The van der Waals surface area contributed by atoms with E-state index in [4.69, 9.17) is 0 Å². The van der Waals surface area contributed by atoms with Crippen molar-refractivity contribution in [1.82, 2.24) is 10.2 Å². The van der Waals surface area contributed by atoms with Crippen LogP contribution in [-0.2, 0) is 0 Å². The lowest BCUT2D eigenvalue weighted by Gasteiger charge is -2.43. The van der Waals surface area contributed by atoms with Gasteiger partial charge in [0.05, 0.1) is 0 Å². The molecule has 0 bridgehead atoms. The topological polar surface area (TPSA) is 15.3 Å². The van der Waals surface area contributed by atoms with Gasteiger partial charge in [0.25, 0.3) is 0 Å². The number of nitrogens with zero attached hydrogens (tertiary/aromatic N) is 1. The Kier molecular flexibility index (Phi) is 5.46. The molecule has 0 aliphatic carbocycles. The van der Waals surface area contributed by atoms with E-state index in [-0.39, 0.29) is 0 Å². The van der Waals surface area contributed by atoms with Gasteiger partial charge >= 0.3 is 0 Å². The summed E-state index contributed by atoms with van der Waals surface area (Å²) in [6.45, 7) is 12.7. The van der Waals surface area contributed by atoms with E-state index in [9.17, 15) is 0 Å². The maximum atomic E-state index is 3.77. The van der Waals surface area contributed by atoms with Crippen LogP contribution in [0.3, 0.4) is 0 Å². The third kappa shape index (κ3) is 4.97. The zero-order valence-corrected chi connectivity index (χ0v) is 12.7. The Morgan fingerprint density at radius 2 is 1.88 bits per heavy atom. The first-order valence-electron chi connectivity index (χ1n) is 7.29. The van der Waals surface area contributed by atoms with E-state index in [0.717, 1.165) is 24.7 Å². The van der Waals surface area contributed by atoms with E-state index in [1.807, 2.05) is 0 Å². The highest BCUT2D eigenvalue weighted by Gasteiger charge is 2.30. The summed E-state index contributed by atoms with van der Waals surface area (Å²) in [5.74, 6) is 0. The highest BCUT2D eigenvalue weighted by atomic mass is 15.2. The number of nitrogens with one attached hydrogen (secondary N) is 1. The van der Waals surface area contributed by atoms with Gasteiger partial charge in [-0.25, -0.2) is 0 Å². The van der Waals surface area contributed by atoms with Crippen molar-refractivity contribution in [1.29, 1.82) is 0 Å². The summed E-state index contributed by atoms with van der Waals surface area (Å²) in [4.78, 5) is 2.58. The second kappa shape index (κ2) is 6.19. The Balaban J connectivity index is 2.46. The van der Waals surface area contributed by atoms with Gasteiger partial charge in [-0.1, -0.05) is 34.1 Å². The highest BCUT2D eigenvalue weighted by Crippen LogP contribution is 2.25. The Bertz CT molecular complexity index is 219. The molecule has 0 saturated carbocycles. The monoisotopic (exact) mass is 240 g/mol. The number of rotatable bonds is 4. The predicted molar refractivity (Wildman–Crippen MR) is 76.4 cm³/mol. The molecule has 1 fully saturated rings. The Morgan fingerprint density at radius 1 is 1.24 bits per heavy atom. The largest absolute Gasteiger partial charge is 0.313 e. The Labute approximate surface area is 108 Å². The highest BCUT2D eigenvalue weighted by molar-refractivity contribution is 4.88. The van der Waals surface area contributed by atoms with E-state index >= 15 is 0 Å². The lowest BCUT2D eigenvalue weighted by atomic mass is 9.89. The summed E-state index contributed by atoms with van der Waals surface area (Å²) >= 11 is 0. The molecule has 1 heterocycles. The van der Waals surface area contributed by atoms with E-state index < -0.39 is 0 Å². The minimum Gasteiger partial charge on any atom is -0.313 e. The molecule has 3 atom stereocenters. The molecule has 0 aromatic heterocycles. The second-order valence-electron chi connectivity index (χ2n) is 7.07. The molecule has 2 heteroatoms. The molecular weight excluding hydrogens is 208 g/mol. The van der Waals surface area contributed by atoms with E-state index in [1.54, 1.807) is 0 Å². The van der Waals surface area contributed by atoms with Crippen LogP contribution in [0.25, 0.3) is 0 Å². The van der Waals surface area contributed by atoms with Crippen molar-refractivity contribution in [3.8, 4) is 0 Å². The number of hydrogen-bond donors (Lipinski definition) is 1. The maximum absolute atomic E-state index is 3.77. The minimum atomic E-state index is 0.396. The molecule has 0 aromatic rings. The molecule has 2 nitrogen and oxygen atoms in total. The quantitative estimate of drug-likeness (QED) is 0.811. The van der Waals surface area contributed by atoms with Gasteiger partial charge in [-0.2, -0.15) is 0 Å². The van der Waals surface area contributed by atoms with Gasteiger partial charge in [0.2, 0.25) is 0 Å². The van der Waals surface area contributed by atoms with Gasteiger partial charge < -0.3 is 10.2 Å². The lowest BCUT2D eigenvalue weighted by molar-refractivity contribution is 0.0918. The molecule has 1 aliphatic rings. The predicted octanol–water partition coefficient (Wildman–Crippen LogP) is 3.27. The average molecular weight is 240 g/mol. The SMILES string of the molecule is CCCC1CC(NCC(C)(C)C)CC(C)N1C. The first-order valence-corrected chi connectivity index (χ1v) is 7.29. The van der Waals surface area contributed by atoms with E-state index in [0.29, 0.717) is 5.41 Å². The minimum absolute atomic E-state index is 0.396. The Hall–Kier alpha value is -0.0800. The van der Waals surface area contributed by atoms with Gasteiger partial charge in [0.15, 0.2) is 0 Å². The van der Waals surface area contributed by atoms with Crippen LogP contribution in [0.1, 0.15) is 60.3 Å². The molecule has 3 unspecified atom stereocenters. The van der Waals surface area contributed by atoms with Crippen molar-refractivity contribution >= 4 is 0 Å². The summed E-state index contributed by atoms with van der Waals surface area (Å²) in [5, 5.41) is 3.77. The van der Waals surface area contributed by atoms with Crippen LogP contribution in [0.5, 0.6) is 0 Å². The summed E-state index contributed by atoms with van der Waals surface area (Å²) in [5.41, 5.74) is 0.396. The third-order valence-electron chi connectivity index (χ3n) is 4.00. The van der Waals surface area contributed by atoms with Crippen LogP contribution in [0.15, 0.2) is 0 Å². The van der Waals surface area contributed by atoms with Gasteiger partial charge in [0, 0.05) is 24.7 Å². The molecular formula is C15H32N2. The molecule has 0 spiro atoms. The normalized spacial score (nSPS) is 31.8. The lowest BCUT2D eigenvalue weighted by Crippen LogP contribution is -2.52. The fourth-order valence-electron chi connectivity index (χ4n) is 2.80. The van der Waals surface area contributed by atoms with Crippen LogP contribution in [0.2, 0.25) is 0 Å². The maximum Gasteiger partial charge on any atom is 0.0110 e. The molecule has 0 amide bonds. The molecule has 1 rings (SSSR count). The van der Waals surface area contributed by atoms with Gasteiger partial charge in [-0.05, 0) is 38.6 Å². The first-order chi connectivity index (χ1) is 7.83. The smallest absolute Gasteiger partial charge is 0.0110 e. The molecule has 102 valence electrons. The van der Waals surface area contributed by atoms with Gasteiger partial charge in [-0.3, -0.25) is 0 Å². The van der Waals surface area contributed by atoms with Crippen LogP contribution in [-0.4, -0.2) is 36.6 Å². The van der Waals surface area contributed by atoms with Crippen LogP contribution < -0.4 is 5.32 Å². The zero-order chi connectivity index (χ0) is 13.1. The van der Waals surface area contributed by atoms with Crippen molar-refractivity contribution in [2.24, 2.45) is 5.41 Å². The van der Waals surface area contributed by atoms with Crippen LogP contribution in [0, 0.1) is 5.41 Å². The van der Waals surface area contributed by atoms with Gasteiger partial charge in [0.1, 0.15) is 0 Å². The van der Waals surface area contributed by atoms with E-state index in [2.05, 4.69) is 51.9 Å². The fourth-order valence-corrected chi connectivity index (χ4v) is 2.80. The molecule has 0 radical (unpaired) electrons. The summed E-state index contributed by atoms with van der Waals surface area (Å²) in [6.07, 6.45) is 5.26. The molecule has 1 saturated heterocycles. The van der Waals surface area contributed by atoms with Crippen molar-refractivity contribution in [2.75, 3.05) is 13.6 Å². The number of likely N-dealkylation sites (tertiary alicyclic amines) is 1. The molecule has 1 aliphatic heterocycles. The van der Waals surface area contributed by atoms with E-state index in [1.165, 1.54) is 25.7 Å². The fraction of sp³-hybridized carbons (Fsp3) is 1.00. The molecule has 17 heavy (non-hydrogen) atoms. The standard InChI is InChI=1S/C15H32N2/c1-7-8-14-10-13(9-12(2)17(14)6)16-11-15(3,4)5/h12-14,16H,7-11H2,1-6H3. The van der Waals surface area contributed by atoms with Crippen molar-refractivity contribution < 1.29 is 0 Å². The zero-order valence-electron chi connectivity index (χ0n) is 12.7. The van der Waals surface area contributed by atoms with Crippen molar-refractivity contribution in [2.45, 2.75) is 78.4 Å². The average Bonchev–Trinajstić information content (AvgIpc) is 2.21. The summed E-state index contributed by atoms with van der Waals surface area (Å²) in [6, 6.07) is 2.22. The van der Waals surface area contributed by atoms with Crippen LogP contribution in [0.4, 0.5) is 0 Å². The Morgan fingerprint density at radius 3 is 2.41 bits per heavy atom. The second-order valence-corrected chi connectivity index (χ2v) is 7.07. The van der Waals surface area contributed by atoms with Crippen LogP contribution >= 0.6 is 0 Å². The number of hydrogen-bond acceptors (Lipinski definition) is 2. The molecule has 1 N–H and O–H groups in total. The van der Waals surface area contributed by atoms with Crippen molar-refractivity contribution in [3.05, 3.63) is 0 Å².